The van der Waals surface area contributed by atoms with Crippen molar-refractivity contribution < 1.29 is 13.9 Å². The third-order valence-corrected chi connectivity index (χ3v) is 6.77. The van der Waals surface area contributed by atoms with Crippen LogP contribution < -0.4 is 4.74 Å². The molecule has 0 aliphatic rings. The lowest BCUT2D eigenvalue weighted by molar-refractivity contribution is 0.438. The minimum Gasteiger partial charge on any atom is -0.453 e. The Morgan fingerprint density at radius 3 is 2.31 bits per heavy atom. The highest BCUT2D eigenvalue weighted by Crippen LogP contribution is 2.35. The molecular weight excluding hydrogens is 508 g/mol. The number of aryl methyl sites for hydroxylation is 1. The van der Waals surface area contributed by atoms with Gasteiger partial charge < -0.3 is 9.47 Å². The predicted molar refractivity (Wildman–Crippen MR) is 142 cm³/mol. The SMILES string of the molecule is CCN(CC)Sc1ccc(C(=N)OC(=N)Cc2ccc(Cl)c(Oc3cc(C)cc(Cl)c3)c2F)cc1. The number of benzene rings is 3. The standard InChI is InChI=1S/C26H26Cl2FN3O2S/c1-4-32(5-2)35-21-9-6-17(7-10-21)26(31)34-23(30)14-18-8-11-22(28)25(24(18)29)33-20-13-16(3)12-19(27)15-20/h6-13,15,30-31H,4-5,14H2,1-3H3. The lowest BCUT2D eigenvalue weighted by atomic mass is 10.1. The van der Waals surface area contributed by atoms with Crippen molar-refractivity contribution in [2.45, 2.75) is 32.1 Å². The van der Waals surface area contributed by atoms with Crippen LogP contribution in [0.2, 0.25) is 10.0 Å². The second-order valence-electron chi connectivity index (χ2n) is 7.68. The fourth-order valence-electron chi connectivity index (χ4n) is 3.24. The maximum absolute atomic E-state index is 15.2. The molecule has 0 spiro atoms. The van der Waals surface area contributed by atoms with E-state index in [1.165, 1.54) is 12.1 Å². The smallest absolute Gasteiger partial charge is 0.220 e. The van der Waals surface area contributed by atoms with E-state index in [1.807, 2.05) is 19.1 Å². The highest BCUT2D eigenvalue weighted by molar-refractivity contribution is 7.97. The summed E-state index contributed by atoms with van der Waals surface area (Å²) in [4.78, 5) is 1.05. The highest BCUT2D eigenvalue weighted by atomic mass is 35.5. The second kappa shape index (κ2) is 12.4. The van der Waals surface area contributed by atoms with E-state index in [2.05, 4.69) is 18.2 Å². The normalized spacial score (nSPS) is 10.9. The van der Waals surface area contributed by atoms with E-state index in [0.717, 1.165) is 23.5 Å². The van der Waals surface area contributed by atoms with Crippen molar-refractivity contribution in [3.05, 3.63) is 87.2 Å². The number of hydrogen-bond donors (Lipinski definition) is 2. The van der Waals surface area contributed by atoms with Gasteiger partial charge in [-0.3, -0.25) is 10.8 Å². The first-order valence-electron chi connectivity index (χ1n) is 11.0. The molecule has 5 nitrogen and oxygen atoms in total. The molecule has 3 aromatic carbocycles. The van der Waals surface area contributed by atoms with Gasteiger partial charge in [-0.1, -0.05) is 43.1 Å². The summed E-state index contributed by atoms with van der Waals surface area (Å²) in [6.45, 7) is 7.88. The zero-order valence-electron chi connectivity index (χ0n) is 19.6. The summed E-state index contributed by atoms with van der Waals surface area (Å²) in [5, 5.41) is 16.9. The van der Waals surface area contributed by atoms with Crippen LogP contribution in [0.4, 0.5) is 4.39 Å². The lowest BCUT2D eigenvalue weighted by Crippen LogP contribution is -2.15. The average Bonchev–Trinajstić information content (AvgIpc) is 2.81. The first-order valence-corrected chi connectivity index (χ1v) is 12.5. The van der Waals surface area contributed by atoms with Gasteiger partial charge in [0.05, 0.1) is 11.4 Å². The number of ether oxygens (including phenoxy) is 2. The van der Waals surface area contributed by atoms with E-state index in [-0.39, 0.29) is 34.6 Å². The van der Waals surface area contributed by atoms with E-state index in [1.54, 1.807) is 42.3 Å². The monoisotopic (exact) mass is 533 g/mol. The molecule has 0 amide bonds. The molecule has 0 fully saturated rings. The third kappa shape index (κ3) is 7.45. The second-order valence-corrected chi connectivity index (χ2v) is 9.69. The van der Waals surface area contributed by atoms with Gasteiger partial charge in [0, 0.05) is 34.1 Å². The Hall–Kier alpha value is -2.58. The zero-order chi connectivity index (χ0) is 25.5. The summed E-state index contributed by atoms with van der Waals surface area (Å²) in [5.74, 6) is -0.969. The van der Waals surface area contributed by atoms with Gasteiger partial charge in [0.2, 0.25) is 5.90 Å². The average molecular weight is 534 g/mol. The molecule has 0 aliphatic heterocycles. The molecule has 3 rings (SSSR count). The molecule has 0 saturated carbocycles. The van der Waals surface area contributed by atoms with Gasteiger partial charge in [-0.05, 0) is 73.0 Å². The lowest BCUT2D eigenvalue weighted by Gasteiger charge is -2.16. The van der Waals surface area contributed by atoms with E-state index in [0.29, 0.717) is 16.3 Å². The predicted octanol–water partition coefficient (Wildman–Crippen LogP) is 8.14. The van der Waals surface area contributed by atoms with Crippen LogP contribution in [-0.4, -0.2) is 29.2 Å². The van der Waals surface area contributed by atoms with Crippen LogP contribution in [0.1, 0.15) is 30.5 Å². The van der Waals surface area contributed by atoms with Gasteiger partial charge in [-0.25, -0.2) is 8.70 Å². The minimum absolute atomic E-state index is 0.0896. The van der Waals surface area contributed by atoms with Crippen LogP contribution in [0.3, 0.4) is 0 Å². The van der Waals surface area contributed by atoms with Gasteiger partial charge in [-0.2, -0.15) is 0 Å². The van der Waals surface area contributed by atoms with Gasteiger partial charge in [0.1, 0.15) is 5.75 Å². The minimum atomic E-state index is -0.701. The van der Waals surface area contributed by atoms with Crippen molar-refractivity contribution >= 4 is 46.9 Å². The van der Waals surface area contributed by atoms with Crippen molar-refractivity contribution in [1.29, 1.82) is 10.8 Å². The Morgan fingerprint density at radius 1 is 1.00 bits per heavy atom. The molecular formula is C26H26Cl2FN3O2S. The quantitative estimate of drug-likeness (QED) is 0.165. The molecule has 0 atom stereocenters. The van der Waals surface area contributed by atoms with Crippen molar-refractivity contribution in [1.82, 2.24) is 4.31 Å². The summed E-state index contributed by atoms with van der Waals surface area (Å²) < 4.78 is 28.4. The Balaban J connectivity index is 1.67. The molecule has 9 heteroatoms. The first-order chi connectivity index (χ1) is 16.7. The highest BCUT2D eigenvalue weighted by Gasteiger charge is 2.18. The number of nitrogens with zero attached hydrogens (tertiary/aromatic N) is 1. The van der Waals surface area contributed by atoms with Crippen molar-refractivity contribution in [3.63, 3.8) is 0 Å². The largest absolute Gasteiger partial charge is 0.453 e. The van der Waals surface area contributed by atoms with Crippen LogP contribution >= 0.6 is 35.1 Å². The summed E-state index contributed by atoms with van der Waals surface area (Å²) in [5.41, 5.74) is 1.54. The first kappa shape index (κ1) is 27.0. The number of nitrogens with one attached hydrogen (secondary N) is 2. The van der Waals surface area contributed by atoms with Crippen LogP contribution in [0.5, 0.6) is 11.5 Å². The van der Waals surface area contributed by atoms with Crippen molar-refractivity contribution in [2.75, 3.05) is 13.1 Å². The molecule has 0 radical (unpaired) electrons. The maximum atomic E-state index is 15.2. The Bertz CT molecular complexity index is 1200. The fourth-order valence-corrected chi connectivity index (χ4v) is 4.52. The number of rotatable bonds is 9. The van der Waals surface area contributed by atoms with Gasteiger partial charge in [-0.15, -0.1) is 0 Å². The summed E-state index contributed by atoms with van der Waals surface area (Å²) in [6.07, 6.45) is -0.174. The van der Waals surface area contributed by atoms with E-state index < -0.39 is 5.82 Å². The van der Waals surface area contributed by atoms with Crippen molar-refractivity contribution in [2.24, 2.45) is 0 Å². The molecule has 35 heavy (non-hydrogen) atoms. The van der Waals surface area contributed by atoms with Gasteiger partial charge >= 0.3 is 0 Å². The molecule has 2 N–H and O–H groups in total. The van der Waals surface area contributed by atoms with Crippen LogP contribution in [0.25, 0.3) is 0 Å². The molecule has 0 aliphatic carbocycles. The Kier molecular flexibility index (Phi) is 9.57. The summed E-state index contributed by atoms with van der Waals surface area (Å²) in [6, 6.07) is 15.3. The number of hydrogen-bond acceptors (Lipinski definition) is 6. The van der Waals surface area contributed by atoms with E-state index in [4.69, 9.17) is 43.5 Å². The Labute approximate surface area is 219 Å². The summed E-state index contributed by atoms with van der Waals surface area (Å²) >= 11 is 13.9. The maximum Gasteiger partial charge on any atom is 0.220 e. The van der Waals surface area contributed by atoms with Crippen LogP contribution in [-0.2, 0) is 11.2 Å². The molecule has 184 valence electrons. The van der Waals surface area contributed by atoms with Gasteiger partial charge in [0.25, 0.3) is 0 Å². The molecule has 0 bridgehead atoms. The fraction of sp³-hybridized carbons (Fsp3) is 0.231. The molecule has 0 heterocycles. The summed E-state index contributed by atoms with van der Waals surface area (Å²) in [7, 11) is 0. The molecule has 0 saturated heterocycles. The Morgan fingerprint density at radius 2 is 1.69 bits per heavy atom. The number of halogens is 3. The zero-order valence-corrected chi connectivity index (χ0v) is 22.0. The van der Waals surface area contributed by atoms with Crippen molar-refractivity contribution in [3.8, 4) is 11.5 Å². The van der Waals surface area contributed by atoms with Crippen LogP contribution in [0.15, 0.2) is 59.5 Å². The third-order valence-electron chi connectivity index (χ3n) is 5.00. The van der Waals surface area contributed by atoms with Gasteiger partial charge in [0.15, 0.2) is 17.5 Å². The molecule has 0 unspecified atom stereocenters. The van der Waals surface area contributed by atoms with E-state index in [9.17, 15) is 0 Å². The molecule has 0 aromatic heterocycles. The molecule has 3 aromatic rings. The van der Waals surface area contributed by atoms with Crippen LogP contribution in [0, 0.1) is 23.6 Å². The van der Waals surface area contributed by atoms with E-state index >= 15 is 4.39 Å². The topological polar surface area (TPSA) is 69.4 Å².